The van der Waals surface area contributed by atoms with Gasteiger partial charge in [0.05, 0.1) is 4.92 Å². The fourth-order valence-corrected chi connectivity index (χ4v) is 1.55. The lowest BCUT2D eigenvalue weighted by Crippen LogP contribution is -2.10. The highest BCUT2D eigenvalue weighted by Crippen LogP contribution is 2.37. The van der Waals surface area contributed by atoms with E-state index in [4.69, 9.17) is 11.6 Å². The van der Waals surface area contributed by atoms with Crippen LogP contribution in [0.4, 0.5) is 18.9 Å². The van der Waals surface area contributed by atoms with E-state index in [9.17, 15) is 23.3 Å². The van der Waals surface area contributed by atoms with Gasteiger partial charge in [0.1, 0.15) is 5.56 Å². The number of hydrogen-bond donors (Lipinski definition) is 0. The van der Waals surface area contributed by atoms with Gasteiger partial charge < -0.3 is 0 Å². The number of benzene rings is 1. The van der Waals surface area contributed by atoms with Crippen LogP contribution in [0.1, 0.15) is 16.7 Å². The van der Waals surface area contributed by atoms with Gasteiger partial charge in [0.2, 0.25) is 0 Å². The fraction of sp³-hybridized carbons (Fsp3) is 0.333. The van der Waals surface area contributed by atoms with Crippen LogP contribution >= 0.6 is 11.6 Å². The van der Waals surface area contributed by atoms with Crippen molar-refractivity contribution < 1.29 is 18.1 Å². The monoisotopic (exact) mass is 253 g/mol. The summed E-state index contributed by atoms with van der Waals surface area (Å²) < 4.78 is 37.5. The van der Waals surface area contributed by atoms with Crippen LogP contribution in [0.2, 0.25) is 0 Å². The molecule has 0 heterocycles. The maximum absolute atomic E-state index is 12.5. The molecule has 0 amide bonds. The normalized spacial score (nSPS) is 11.6. The van der Waals surface area contributed by atoms with Crippen molar-refractivity contribution in [2.45, 2.75) is 19.0 Å². The molecule has 88 valence electrons. The Morgan fingerprint density at radius 1 is 1.44 bits per heavy atom. The number of halogens is 4. The number of hydrogen-bond acceptors (Lipinski definition) is 2. The van der Waals surface area contributed by atoms with Crippen molar-refractivity contribution in [3.05, 3.63) is 38.9 Å². The van der Waals surface area contributed by atoms with Crippen LogP contribution in [-0.2, 0) is 12.1 Å². The van der Waals surface area contributed by atoms with Crippen LogP contribution in [0, 0.1) is 17.0 Å². The minimum Gasteiger partial charge on any atom is -0.258 e. The maximum atomic E-state index is 12.5. The molecule has 0 fully saturated rings. The largest absolute Gasteiger partial charge is 0.423 e. The molecule has 1 aromatic carbocycles. The Hall–Kier alpha value is -1.30. The predicted octanol–water partition coefficient (Wildman–Crippen LogP) is 3.66. The average molecular weight is 254 g/mol. The summed E-state index contributed by atoms with van der Waals surface area (Å²) in [7, 11) is 0. The third kappa shape index (κ3) is 2.44. The fourth-order valence-electron chi connectivity index (χ4n) is 1.26. The van der Waals surface area contributed by atoms with E-state index in [0.29, 0.717) is 5.56 Å². The van der Waals surface area contributed by atoms with Crippen LogP contribution in [0.25, 0.3) is 0 Å². The van der Waals surface area contributed by atoms with Crippen molar-refractivity contribution >= 4 is 17.3 Å². The summed E-state index contributed by atoms with van der Waals surface area (Å²) in [6.07, 6.45) is -4.75. The zero-order valence-electron chi connectivity index (χ0n) is 8.14. The Balaban J connectivity index is 3.49. The zero-order chi connectivity index (χ0) is 12.5. The second-order valence-electron chi connectivity index (χ2n) is 3.18. The van der Waals surface area contributed by atoms with Gasteiger partial charge >= 0.3 is 6.18 Å². The molecule has 0 aliphatic carbocycles. The SMILES string of the molecule is Cc1cc([N+](=O)[O-])c(C(F)(F)F)cc1CCl. The number of nitro groups is 1. The quantitative estimate of drug-likeness (QED) is 0.459. The smallest absolute Gasteiger partial charge is 0.258 e. The van der Waals surface area contributed by atoms with Gasteiger partial charge in [0.25, 0.3) is 5.69 Å². The van der Waals surface area contributed by atoms with Crippen molar-refractivity contribution in [1.29, 1.82) is 0 Å². The summed E-state index contributed by atoms with van der Waals surface area (Å²) >= 11 is 5.45. The van der Waals surface area contributed by atoms with Crippen molar-refractivity contribution in [2.24, 2.45) is 0 Å². The number of alkyl halides is 4. The lowest BCUT2D eigenvalue weighted by atomic mass is 10.0. The summed E-state index contributed by atoms with van der Waals surface area (Å²) in [5, 5.41) is 10.5. The molecular formula is C9H7ClF3NO2. The van der Waals surface area contributed by atoms with E-state index in [1.165, 1.54) is 6.92 Å². The molecule has 0 saturated heterocycles. The highest BCUT2D eigenvalue weighted by molar-refractivity contribution is 6.17. The number of rotatable bonds is 2. The first kappa shape index (κ1) is 12.8. The van der Waals surface area contributed by atoms with Gasteiger partial charge in [-0.1, -0.05) is 0 Å². The molecule has 0 aliphatic rings. The van der Waals surface area contributed by atoms with Gasteiger partial charge in [-0.2, -0.15) is 13.2 Å². The molecule has 3 nitrogen and oxygen atoms in total. The third-order valence-corrected chi connectivity index (χ3v) is 2.39. The van der Waals surface area contributed by atoms with Crippen molar-refractivity contribution in [1.82, 2.24) is 0 Å². The minimum atomic E-state index is -4.75. The molecule has 0 unspecified atom stereocenters. The lowest BCUT2D eigenvalue weighted by Gasteiger charge is -2.10. The topological polar surface area (TPSA) is 43.1 Å². The highest BCUT2D eigenvalue weighted by Gasteiger charge is 2.38. The molecule has 0 radical (unpaired) electrons. The molecule has 7 heteroatoms. The van der Waals surface area contributed by atoms with Gasteiger partial charge in [0, 0.05) is 11.9 Å². The first-order valence-corrected chi connectivity index (χ1v) is 4.72. The first-order valence-electron chi connectivity index (χ1n) is 4.18. The second-order valence-corrected chi connectivity index (χ2v) is 3.45. The third-order valence-electron chi connectivity index (χ3n) is 2.10. The Morgan fingerprint density at radius 3 is 2.38 bits per heavy atom. The standard InChI is InChI=1S/C9H7ClF3NO2/c1-5-2-8(14(15)16)7(9(11,12)13)3-6(5)4-10/h2-3H,4H2,1H3. The van der Waals surface area contributed by atoms with Crippen molar-refractivity contribution in [3.8, 4) is 0 Å². The summed E-state index contributed by atoms with van der Waals surface area (Å²) in [6, 6.07) is 1.61. The van der Waals surface area contributed by atoms with E-state index in [1.54, 1.807) is 0 Å². The Morgan fingerprint density at radius 2 is 2.00 bits per heavy atom. The Kier molecular flexibility index (Phi) is 3.42. The van der Waals surface area contributed by atoms with Gasteiger partial charge in [-0.3, -0.25) is 10.1 Å². The van der Waals surface area contributed by atoms with Gasteiger partial charge in [0.15, 0.2) is 0 Å². The zero-order valence-corrected chi connectivity index (χ0v) is 8.89. The van der Waals surface area contributed by atoms with E-state index in [1.807, 2.05) is 0 Å². The van der Waals surface area contributed by atoms with E-state index < -0.39 is 22.4 Å². The van der Waals surface area contributed by atoms with Gasteiger partial charge in [-0.05, 0) is 24.1 Å². The highest BCUT2D eigenvalue weighted by atomic mass is 35.5. The number of nitro benzene ring substituents is 1. The van der Waals surface area contributed by atoms with E-state index in [0.717, 1.165) is 12.1 Å². The summed E-state index contributed by atoms with van der Waals surface area (Å²) in [5.74, 6) is -0.118. The molecule has 0 atom stereocenters. The average Bonchev–Trinajstić information content (AvgIpc) is 2.15. The molecule has 1 rings (SSSR count). The molecule has 0 aliphatic heterocycles. The molecule has 0 saturated carbocycles. The van der Waals surface area contributed by atoms with Crippen LogP contribution in [-0.4, -0.2) is 4.92 Å². The second kappa shape index (κ2) is 4.29. The van der Waals surface area contributed by atoms with Crippen LogP contribution in [0.3, 0.4) is 0 Å². The molecule has 16 heavy (non-hydrogen) atoms. The summed E-state index contributed by atoms with van der Waals surface area (Å²) in [4.78, 5) is 9.45. The van der Waals surface area contributed by atoms with Crippen LogP contribution in [0.15, 0.2) is 12.1 Å². The van der Waals surface area contributed by atoms with Crippen molar-refractivity contribution in [3.63, 3.8) is 0 Å². The predicted molar refractivity (Wildman–Crippen MR) is 52.4 cm³/mol. The molecule has 0 aromatic heterocycles. The van der Waals surface area contributed by atoms with Gasteiger partial charge in [-0.15, -0.1) is 11.6 Å². The Bertz CT molecular complexity index is 431. The van der Waals surface area contributed by atoms with Crippen LogP contribution in [0.5, 0.6) is 0 Å². The summed E-state index contributed by atoms with van der Waals surface area (Å²) in [5.41, 5.74) is -1.60. The van der Waals surface area contributed by atoms with Crippen molar-refractivity contribution in [2.75, 3.05) is 0 Å². The Labute approximate surface area is 94.0 Å². The van der Waals surface area contributed by atoms with Crippen LogP contribution < -0.4 is 0 Å². The minimum absolute atomic E-state index is 0.118. The molecule has 0 spiro atoms. The molecule has 0 N–H and O–H groups in total. The molecular weight excluding hydrogens is 247 g/mol. The molecule has 0 bridgehead atoms. The maximum Gasteiger partial charge on any atom is 0.423 e. The van der Waals surface area contributed by atoms with E-state index in [-0.39, 0.29) is 11.4 Å². The first-order chi connectivity index (χ1) is 7.27. The summed E-state index contributed by atoms with van der Waals surface area (Å²) in [6.45, 7) is 1.48. The number of nitrogens with zero attached hydrogens (tertiary/aromatic N) is 1. The lowest BCUT2D eigenvalue weighted by molar-refractivity contribution is -0.388. The van der Waals surface area contributed by atoms with Gasteiger partial charge in [-0.25, -0.2) is 0 Å². The number of aryl methyl sites for hydroxylation is 1. The molecule has 1 aromatic rings. The van der Waals surface area contributed by atoms with E-state index in [2.05, 4.69) is 0 Å². The van der Waals surface area contributed by atoms with E-state index >= 15 is 0 Å².